The topological polar surface area (TPSA) is 143 Å². The van der Waals surface area contributed by atoms with Gasteiger partial charge in [0.05, 0.1) is 10.8 Å². The molecule has 1 aliphatic heterocycles. The van der Waals surface area contributed by atoms with Gasteiger partial charge in [0.15, 0.2) is 0 Å². The highest BCUT2D eigenvalue weighted by Crippen LogP contribution is 2.30. The molecule has 0 saturated carbocycles. The minimum atomic E-state index is -4.82. The number of anilines is 2. The summed E-state index contributed by atoms with van der Waals surface area (Å²) in [4.78, 5) is 23.2. The van der Waals surface area contributed by atoms with Gasteiger partial charge in [-0.05, 0) is 74.7 Å². The molecule has 38 heavy (non-hydrogen) atoms. The van der Waals surface area contributed by atoms with Gasteiger partial charge in [-0.2, -0.15) is 13.4 Å². The molecule has 0 aliphatic carbocycles. The summed E-state index contributed by atoms with van der Waals surface area (Å²) in [6, 6.07) is 20.2. The van der Waals surface area contributed by atoms with Crippen molar-refractivity contribution in [2.24, 2.45) is 21.5 Å². The molecule has 3 aromatic rings. The van der Waals surface area contributed by atoms with Crippen LogP contribution < -0.4 is 21.7 Å². The first kappa shape index (κ1) is 26.8. The third-order valence-corrected chi connectivity index (χ3v) is 7.03. The van der Waals surface area contributed by atoms with Crippen LogP contribution in [0.25, 0.3) is 0 Å². The van der Waals surface area contributed by atoms with E-state index in [0.717, 1.165) is 34.5 Å². The lowest BCUT2D eigenvalue weighted by molar-refractivity contribution is -0.117. The van der Waals surface area contributed by atoms with E-state index in [-0.39, 0.29) is 17.8 Å². The van der Waals surface area contributed by atoms with Crippen LogP contribution in [0.4, 0.5) is 15.3 Å². The molecule has 1 amide bonds. The Balaban J connectivity index is 1.59. The van der Waals surface area contributed by atoms with Crippen LogP contribution in [0.3, 0.4) is 0 Å². The van der Waals surface area contributed by atoms with Crippen LogP contribution in [0.2, 0.25) is 0 Å². The van der Waals surface area contributed by atoms with Gasteiger partial charge in [-0.25, -0.2) is 4.99 Å². The molecule has 1 atom stereocenters. The van der Waals surface area contributed by atoms with Crippen LogP contribution in [0, 0.1) is 6.92 Å². The Morgan fingerprint density at radius 2 is 1.71 bits per heavy atom. The third-order valence-electron chi connectivity index (χ3n) is 6.19. The van der Waals surface area contributed by atoms with Gasteiger partial charge in [-0.15, -0.1) is 3.89 Å². The van der Waals surface area contributed by atoms with Gasteiger partial charge in [-0.3, -0.25) is 9.69 Å². The average molecular weight is 537 g/mol. The number of halogens is 1. The monoisotopic (exact) mass is 536 g/mol. The van der Waals surface area contributed by atoms with Crippen molar-refractivity contribution in [2.45, 2.75) is 43.7 Å². The van der Waals surface area contributed by atoms with E-state index in [1.54, 1.807) is 4.90 Å². The molecule has 9 nitrogen and oxygen atoms in total. The van der Waals surface area contributed by atoms with E-state index < -0.39 is 26.7 Å². The largest absolute Gasteiger partial charge is 0.369 e. The van der Waals surface area contributed by atoms with Crippen LogP contribution in [-0.4, -0.2) is 31.9 Å². The zero-order valence-corrected chi connectivity index (χ0v) is 22.0. The van der Waals surface area contributed by atoms with Gasteiger partial charge >= 0.3 is 10.2 Å². The van der Waals surface area contributed by atoms with Gasteiger partial charge in [0.25, 0.3) is 0 Å². The number of amides is 1. The predicted octanol–water partition coefficient (Wildman–Crippen LogP) is 3.80. The fourth-order valence-corrected chi connectivity index (χ4v) is 4.91. The van der Waals surface area contributed by atoms with Crippen LogP contribution in [0.15, 0.2) is 87.7 Å². The van der Waals surface area contributed by atoms with E-state index in [9.17, 15) is 17.1 Å². The number of carbonyl (C=O) groups excluding carboxylic acids is 1. The summed E-state index contributed by atoms with van der Waals surface area (Å²) in [6.07, 6.45) is 0.393. The summed E-state index contributed by atoms with van der Waals surface area (Å²) in [5, 5.41) is 2.82. The molecular weight excluding hydrogens is 507 g/mol. The Bertz CT molecular complexity index is 1520. The van der Waals surface area contributed by atoms with Crippen molar-refractivity contribution in [1.82, 2.24) is 0 Å². The summed E-state index contributed by atoms with van der Waals surface area (Å²) in [7, 11) is -4.82. The van der Waals surface area contributed by atoms with Gasteiger partial charge in [0.2, 0.25) is 17.8 Å². The maximum Gasteiger partial charge on any atom is 0.332 e. The van der Waals surface area contributed by atoms with Crippen LogP contribution >= 0.6 is 0 Å². The number of carbonyl (C=O) groups is 1. The standard InChI is InChI=1S/C27H29FN6O3S/c1-17-5-4-6-19(15-17)23(24(35)31-20-9-13-22(14-10-20)38(28,36)37)16-18-7-11-21(12-8-18)34-26(30)32-25(29)33-27(34,2)3/h4-15,23H,16H2,1-3H3,(H,31,35)(H4,29,30,32,33). The second-order valence-electron chi connectivity index (χ2n) is 9.56. The highest BCUT2D eigenvalue weighted by Gasteiger charge is 2.33. The highest BCUT2D eigenvalue weighted by molar-refractivity contribution is 7.86. The molecule has 11 heteroatoms. The smallest absolute Gasteiger partial charge is 0.332 e. The van der Waals surface area contributed by atoms with Crippen molar-refractivity contribution in [2.75, 3.05) is 10.2 Å². The molecule has 1 unspecified atom stereocenters. The zero-order chi connectivity index (χ0) is 27.7. The molecule has 0 radical (unpaired) electrons. The van der Waals surface area contributed by atoms with Crippen molar-refractivity contribution in [1.29, 1.82) is 0 Å². The molecule has 1 heterocycles. The lowest BCUT2D eigenvalue weighted by Crippen LogP contribution is -2.54. The first-order valence-electron chi connectivity index (χ1n) is 11.8. The van der Waals surface area contributed by atoms with E-state index >= 15 is 0 Å². The van der Waals surface area contributed by atoms with Crippen molar-refractivity contribution in [3.8, 4) is 0 Å². The lowest BCUT2D eigenvalue weighted by atomic mass is 9.90. The van der Waals surface area contributed by atoms with E-state index in [2.05, 4.69) is 15.3 Å². The predicted molar refractivity (Wildman–Crippen MR) is 147 cm³/mol. The van der Waals surface area contributed by atoms with Gasteiger partial charge in [-0.1, -0.05) is 42.0 Å². The summed E-state index contributed by atoms with van der Waals surface area (Å²) >= 11 is 0. The molecule has 0 aromatic heterocycles. The Labute approximate surface area is 221 Å². The number of hydrogen-bond acceptors (Lipinski definition) is 8. The molecule has 0 bridgehead atoms. The van der Waals surface area contributed by atoms with Gasteiger partial charge in [0.1, 0.15) is 5.66 Å². The molecule has 0 fully saturated rings. The number of hydrogen-bond donors (Lipinski definition) is 3. The van der Waals surface area contributed by atoms with Crippen LogP contribution in [0.1, 0.15) is 36.5 Å². The summed E-state index contributed by atoms with van der Waals surface area (Å²) in [5.41, 5.74) is 15.1. The summed E-state index contributed by atoms with van der Waals surface area (Å²) < 4.78 is 35.4. The van der Waals surface area contributed by atoms with Crippen LogP contribution in [-0.2, 0) is 21.4 Å². The SMILES string of the molecule is Cc1cccc(C(Cc2ccc(N3C(N)=NC(N)=NC3(C)C)cc2)C(=O)Nc2ccc(S(=O)(=O)F)cc2)c1. The summed E-state index contributed by atoms with van der Waals surface area (Å²) in [6.45, 7) is 5.71. The summed E-state index contributed by atoms with van der Waals surface area (Å²) in [5.74, 6) is -0.478. The van der Waals surface area contributed by atoms with Crippen molar-refractivity contribution in [3.63, 3.8) is 0 Å². The highest BCUT2D eigenvalue weighted by atomic mass is 32.3. The molecule has 4 rings (SSSR count). The minimum Gasteiger partial charge on any atom is -0.369 e. The second kappa shape index (κ2) is 10.3. The molecule has 3 aromatic carbocycles. The van der Waals surface area contributed by atoms with E-state index in [1.165, 1.54) is 12.1 Å². The van der Waals surface area contributed by atoms with E-state index in [4.69, 9.17) is 11.5 Å². The number of guanidine groups is 2. The molecule has 0 spiro atoms. The molecular formula is C27H29FN6O3S. The zero-order valence-electron chi connectivity index (χ0n) is 21.2. The van der Waals surface area contributed by atoms with E-state index in [0.29, 0.717) is 12.1 Å². The maximum absolute atomic E-state index is 13.4. The normalized spacial score (nSPS) is 15.8. The first-order valence-corrected chi connectivity index (χ1v) is 13.2. The quantitative estimate of drug-likeness (QED) is 0.392. The number of rotatable bonds is 7. The fraction of sp³-hybridized carbons (Fsp3) is 0.222. The van der Waals surface area contributed by atoms with Crippen LogP contribution in [0.5, 0.6) is 0 Å². The van der Waals surface area contributed by atoms with Crippen molar-refractivity contribution >= 4 is 39.4 Å². The number of nitrogens with one attached hydrogen (secondary N) is 1. The Hall–Kier alpha value is -4.25. The Morgan fingerprint density at radius 1 is 1.05 bits per heavy atom. The number of aryl methyl sites for hydroxylation is 1. The fourth-order valence-electron chi connectivity index (χ4n) is 4.45. The molecule has 1 aliphatic rings. The number of aliphatic imine (C=N–C) groups is 2. The number of benzene rings is 3. The van der Waals surface area contributed by atoms with Gasteiger partial charge in [0, 0.05) is 11.4 Å². The van der Waals surface area contributed by atoms with Crippen molar-refractivity contribution < 1.29 is 17.1 Å². The van der Waals surface area contributed by atoms with E-state index in [1.807, 2.05) is 69.3 Å². The third kappa shape index (κ3) is 6.00. The van der Waals surface area contributed by atoms with Crippen molar-refractivity contribution in [3.05, 3.63) is 89.5 Å². The molecule has 5 N–H and O–H groups in total. The number of nitrogens with two attached hydrogens (primary N) is 2. The first-order chi connectivity index (χ1) is 17.8. The maximum atomic E-state index is 13.4. The Kier molecular flexibility index (Phi) is 7.23. The second-order valence-corrected chi connectivity index (χ2v) is 10.9. The lowest BCUT2D eigenvalue weighted by Gasteiger charge is -2.38. The average Bonchev–Trinajstić information content (AvgIpc) is 2.82. The molecule has 198 valence electrons. The van der Waals surface area contributed by atoms with Gasteiger partial charge < -0.3 is 16.8 Å². The molecule has 0 saturated heterocycles. The number of nitrogens with zero attached hydrogens (tertiary/aromatic N) is 3. The minimum absolute atomic E-state index is 0.119. The Morgan fingerprint density at radius 3 is 2.29 bits per heavy atom.